The quantitative estimate of drug-likeness (QED) is 0.672. The summed E-state index contributed by atoms with van der Waals surface area (Å²) in [6, 6.07) is 0. The lowest BCUT2D eigenvalue weighted by Gasteiger charge is -2.22. The third-order valence-electron chi connectivity index (χ3n) is 2.04. The van der Waals surface area contributed by atoms with Gasteiger partial charge in [-0.15, -0.1) is 0 Å². The zero-order valence-electron chi connectivity index (χ0n) is 7.25. The molecule has 1 N–H and O–H groups in total. The van der Waals surface area contributed by atoms with Crippen molar-refractivity contribution in [2.45, 2.75) is 18.1 Å². The van der Waals surface area contributed by atoms with Gasteiger partial charge < -0.3 is 10.1 Å². The van der Waals surface area contributed by atoms with Crippen molar-refractivity contribution in [3.8, 4) is 0 Å². The lowest BCUT2D eigenvalue weighted by Crippen LogP contribution is -2.40. The summed E-state index contributed by atoms with van der Waals surface area (Å²) in [6.45, 7) is 1.50. The number of nitrogens with one attached hydrogen (secondary N) is 1. The summed E-state index contributed by atoms with van der Waals surface area (Å²) in [6.07, 6.45) is 1.70. The second-order valence-corrected chi connectivity index (χ2v) is 5.27. The first-order valence-corrected chi connectivity index (χ1v) is 5.79. The van der Waals surface area contributed by atoms with Gasteiger partial charge in [-0.05, 0) is 19.4 Å². The number of rotatable bonds is 3. The van der Waals surface area contributed by atoms with Crippen molar-refractivity contribution in [2.75, 3.05) is 26.1 Å². The molecule has 4 nitrogen and oxygen atoms in total. The molecule has 72 valence electrons. The molecular weight excluding hydrogens is 178 g/mol. The molecule has 0 saturated carbocycles. The van der Waals surface area contributed by atoms with E-state index in [0.29, 0.717) is 6.54 Å². The molecule has 1 rings (SSSR count). The van der Waals surface area contributed by atoms with Gasteiger partial charge in [0.1, 0.15) is 5.94 Å². The maximum atomic E-state index is 11.4. The maximum absolute atomic E-state index is 11.4. The first kappa shape index (κ1) is 9.95. The molecule has 0 aromatic rings. The Morgan fingerprint density at radius 2 is 2.33 bits per heavy atom. The molecule has 0 spiro atoms. The smallest absolute Gasteiger partial charge is 0.178 e. The number of hydrogen-bond donors (Lipinski definition) is 1. The zero-order valence-corrected chi connectivity index (χ0v) is 8.06. The molecule has 0 amide bonds. The fraction of sp³-hybridized carbons (Fsp3) is 1.00. The van der Waals surface area contributed by atoms with Gasteiger partial charge in [-0.25, -0.2) is 8.42 Å². The van der Waals surface area contributed by atoms with Crippen molar-refractivity contribution < 1.29 is 13.2 Å². The Hall–Kier alpha value is -0.130. The molecule has 0 radical (unpaired) electrons. The van der Waals surface area contributed by atoms with Crippen LogP contribution in [-0.2, 0) is 14.6 Å². The first-order chi connectivity index (χ1) is 5.67. The lowest BCUT2D eigenvalue weighted by atomic mass is 10.2. The monoisotopic (exact) mass is 193 g/mol. The molecule has 1 heterocycles. The van der Waals surface area contributed by atoms with E-state index in [1.165, 1.54) is 7.11 Å². The molecule has 1 aliphatic rings. The Bertz CT molecular complexity index is 219. The minimum atomic E-state index is -3.02. The van der Waals surface area contributed by atoms with Gasteiger partial charge in [0.2, 0.25) is 0 Å². The Balaban J connectivity index is 2.54. The van der Waals surface area contributed by atoms with Crippen LogP contribution >= 0.6 is 0 Å². The summed E-state index contributed by atoms with van der Waals surface area (Å²) < 4.78 is 27.5. The van der Waals surface area contributed by atoms with E-state index in [9.17, 15) is 8.42 Å². The molecule has 1 saturated heterocycles. The Morgan fingerprint density at radius 1 is 1.58 bits per heavy atom. The molecule has 0 aromatic carbocycles. The highest BCUT2D eigenvalue weighted by molar-refractivity contribution is 7.91. The van der Waals surface area contributed by atoms with Crippen LogP contribution < -0.4 is 5.32 Å². The van der Waals surface area contributed by atoms with E-state index in [1.807, 2.05) is 0 Å². The van der Waals surface area contributed by atoms with Crippen LogP contribution in [0.1, 0.15) is 12.8 Å². The summed E-state index contributed by atoms with van der Waals surface area (Å²) in [5.74, 6) is -0.153. The van der Waals surface area contributed by atoms with Gasteiger partial charge in [0, 0.05) is 13.7 Å². The molecule has 1 aliphatic heterocycles. The van der Waals surface area contributed by atoms with Crippen LogP contribution in [0, 0.1) is 0 Å². The van der Waals surface area contributed by atoms with Crippen molar-refractivity contribution >= 4 is 9.84 Å². The van der Waals surface area contributed by atoms with Crippen LogP contribution in [0.3, 0.4) is 0 Å². The molecule has 5 heteroatoms. The first-order valence-electron chi connectivity index (χ1n) is 4.08. The van der Waals surface area contributed by atoms with Crippen molar-refractivity contribution in [3.05, 3.63) is 0 Å². The Morgan fingerprint density at radius 3 is 2.83 bits per heavy atom. The van der Waals surface area contributed by atoms with Crippen LogP contribution in [0.4, 0.5) is 0 Å². The highest BCUT2D eigenvalue weighted by Gasteiger charge is 2.26. The largest absolute Gasteiger partial charge is 0.369 e. The third kappa shape index (κ3) is 2.43. The minimum absolute atomic E-state index is 0.153. The summed E-state index contributed by atoms with van der Waals surface area (Å²) >= 11 is 0. The van der Waals surface area contributed by atoms with E-state index in [0.717, 1.165) is 19.4 Å². The average molecular weight is 193 g/mol. The van der Waals surface area contributed by atoms with Crippen LogP contribution in [0.25, 0.3) is 0 Å². The predicted molar refractivity (Wildman–Crippen MR) is 46.7 cm³/mol. The fourth-order valence-electron chi connectivity index (χ4n) is 1.39. The topological polar surface area (TPSA) is 55.4 Å². The van der Waals surface area contributed by atoms with Gasteiger partial charge in [0.25, 0.3) is 0 Å². The van der Waals surface area contributed by atoms with E-state index < -0.39 is 9.84 Å². The number of ether oxygens (including phenoxy) is 1. The highest BCUT2D eigenvalue weighted by Crippen LogP contribution is 2.12. The van der Waals surface area contributed by atoms with Gasteiger partial charge in [-0.1, -0.05) is 0 Å². The van der Waals surface area contributed by atoms with Crippen molar-refractivity contribution in [3.63, 3.8) is 0 Å². The lowest BCUT2D eigenvalue weighted by molar-refractivity contribution is 0.248. The van der Waals surface area contributed by atoms with Crippen LogP contribution in [0.15, 0.2) is 0 Å². The molecule has 1 fully saturated rings. The zero-order chi connectivity index (χ0) is 9.03. The van der Waals surface area contributed by atoms with E-state index in [-0.39, 0.29) is 11.2 Å². The fourth-order valence-corrected chi connectivity index (χ4v) is 2.81. The Labute approximate surface area is 73.2 Å². The normalized spacial score (nSPS) is 25.6. The standard InChI is InChI=1S/C7H15NO3S/c1-11-6-12(9,10)7-3-2-4-8-5-7/h7-8H,2-6H2,1H3. The van der Waals surface area contributed by atoms with E-state index in [4.69, 9.17) is 0 Å². The van der Waals surface area contributed by atoms with Crippen molar-refractivity contribution in [2.24, 2.45) is 0 Å². The van der Waals surface area contributed by atoms with Crippen molar-refractivity contribution in [1.29, 1.82) is 0 Å². The highest BCUT2D eigenvalue weighted by atomic mass is 32.2. The Kier molecular flexibility index (Phi) is 3.49. The van der Waals surface area contributed by atoms with Crippen LogP contribution in [-0.4, -0.2) is 39.8 Å². The second-order valence-electron chi connectivity index (χ2n) is 3.04. The van der Waals surface area contributed by atoms with E-state index in [1.54, 1.807) is 0 Å². The van der Waals surface area contributed by atoms with E-state index in [2.05, 4.69) is 10.1 Å². The summed E-state index contributed by atoms with van der Waals surface area (Å²) in [7, 11) is -1.61. The van der Waals surface area contributed by atoms with Gasteiger partial charge in [0.05, 0.1) is 5.25 Å². The SMILES string of the molecule is COCS(=O)(=O)C1CCCNC1. The summed E-state index contributed by atoms with van der Waals surface area (Å²) in [5, 5.41) is 2.82. The number of hydrogen-bond acceptors (Lipinski definition) is 4. The summed E-state index contributed by atoms with van der Waals surface area (Å²) in [4.78, 5) is 0. The number of piperidine rings is 1. The number of methoxy groups -OCH3 is 1. The van der Waals surface area contributed by atoms with Gasteiger partial charge in [-0.2, -0.15) is 0 Å². The van der Waals surface area contributed by atoms with Gasteiger partial charge >= 0.3 is 0 Å². The minimum Gasteiger partial charge on any atom is -0.369 e. The van der Waals surface area contributed by atoms with E-state index >= 15 is 0 Å². The second kappa shape index (κ2) is 4.20. The molecule has 0 aliphatic carbocycles. The molecule has 1 unspecified atom stereocenters. The average Bonchev–Trinajstić information content (AvgIpc) is 2.06. The van der Waals surface area contributed by atoms with Gasteiger partial charge in [0.15, 0.2) is 9.84 Å². The molecular formula is C7H15NO3S. The summed E-state index contributed by atoms with van der Waals surface area (Å²) in [5.41, 5.74) is 0. The predicted octanol–water partition coefficient (Wildman–Crippen LogP) is -0.243. The van der Waals surface area contributed by atoms with Crippen molar-refractivity contribution in [1.82, 2.24) is 5.32 Å². The van der Waals surface area contributed by atoms with Crippen LogP contribution in [0.2, 0.25) is 0 Å². The molecule has 12 heavy (non-hydrogen) atoms. The molecule has 1 atom stereocenters. The third-order valence-corrected chi connectivity index (χ3v) is 4.02. The molecule has 0 aromatic heterocycles. The maximum Gasteiger partial charge on any atom is 0.178 e. The van der Waals surface area contributed by atoms with Gasteiger partial charge in [-0.3, -0.25) is 0 Å². The molecule has 0 bridgehead atoms. The van der Waals surface area contributed by atoms with Crippen LogP contribution in [0.5, 0.6) is 0 Å². The number of sulfone groups is 1.